The van der Waals surface area contributed by atoms with Crippen molar-refractivity contribution in [3.8, 4) is 0 Å². The second-order valence-electron chi connectivity index (χ2n) is 6.35. The van der Waals surface area contributed by atoms with E-state index >= 15 is 0 Å². The van der Waals surface area contributed by atoms with Crippen molar-refractivity contribution in [1.82, 2.24) is 14.8 Å². The lowest BCUT2D eigenvalue weighted by molar-refractivity contribution is -0.132. The Balaban J connectivity index is 1.58. The van der Waals surface area contributed by atoms with Gasteiger partial charge in [0.1, 0.15) is 5.25 Å². The number of imide groups is 1. The Hall–Kier alpha value is -1.82. The van der Waals surface area contributed by atoms with Crippen LogP contribution in [0.25, 0.3) is 0 Å². The van der Waals surface area contributed by atoms with Crippen molar-refractivity contribution >= 4 is 23.7 Å². The molecule has 2 aliphatic heterocycles. The monoisotopic (exact) mass is 329 g/mol. The Labute approximate surface area is 139 Å². The first kappa shape index (κ1) is 14.8. The van der Waals surface area contributed by atoms with Gasteiger partial charge >= 0.3 is 6.03 Å². The second-order valence-corrected chi connectivity index (χ2v) is 7.41. The molecule has 3 amide bonds. The Morgan fingerprint density at radius 1 is 1.26 bits per heavy atom. The van der Waals surface area contributed by atoms with Crippen LogP contribution in [0.2, 0.25) is 0 Å². The van der Waals surface area contributed by atoms with Crippen molar-refractivity contribution < 1.29 is 9.59 Å². The van der Waals surface area contributed by atoms with Crippen molar-refractivity contribution in [3.63, 3.8) is 0 Å². The molecule has 1 saturated carbocycles. The maximum absolute atomic E-state index is 12.9. The molecule has 1 aliphatic carbocycles. The average Bonchev–Trinajstić information content (AvgIpc) is 3.00. The molecule has 2 unspecified atom stereocenters. The molecule has 23 heavy (non-hydrogen) atoms. The van der Waals surface area contributed by atoms with E-state index in [1.54, 1.807) is 6.20 Å². The van der Waals surface area contributed by atoms with E-state index in [1.807, 2.05) is 34.6 Å². The fraction of sp³-hybridized carbons (Fsp3) is 0.471. The van der Waals surface area contributed by atoms with E-state index < -0.39 is 0 Å². The summed E-state index contributed by atoms with van der Waals surface area (Å²) in [5.74, 6) is 0.494. The van der Waals surface area contributed by atoms with E-state index in [0.717, 1.165) is 12.2 Å². The van der Waals surface area contributed by atoms with Crippen LogP contribution in [0, 0.1) is 5.92 Å². The van der Waals surface area contributed by atoms with Crippen molar-refractivity contribution in [1.29, 1.82) is 0 Å². The second kappa shape index (κ2) is 6.00. The third-order valence-electron chi connectivity index (χ3n) is 4.88. The molecule has 0 radical (unpaired) electrons. The van der Waals surface area contributed by atoms with Gasteiger partial charge < -0.3 is 4.90 Å². The van der Waals surface area contributed by atoms with Gasteiger partial charge in [-0.15, -0.1) is 11.8 Å². The quantitative estimate of drug-likeness (QED) is 0.852. The maximum Gasteiger partial charge on any atom is 0.327 e. The molecule has 1 aromatic rings. The Morgan fingerprint density at radius 3 is 2.83 bits per heavy atom. The lowest BCUT2D eigenvalue weighted by atomic mass is 9.84. The van der Waals surface area contributed by atoms with Crippen LogP contribution in [0.15, 0.2) is 35.9 Å². The highest BCUT2D eigenvalue weighted by Gasteiger charge is 2.47. The lowest BCUT2D eigenvalue weighted by Crippen LogP contribution is -2.62. The van der Waals surface area contributed by atoms with Crippen LogP contribution in [0.1, 0.15) is 25.0 Å². The standard InChI is InChI=1S/C17H19N3O2S/c21-16-15-14(7-9-23-15)19(10-12-4-3-5-12)17(22)20(16)11-13-6-1-2-8-18-13/h1-2,6-9,12,14-15H,3-5,10-11H2. The van der Waals surface area contributed by atoms with Gasteiger partial charge in [0, 0.05) is 12.7 Å². The van der Waals surface area contributed by atoms with Crippen molar-refractivity contribution in [3.05, 3.63) is 41.6 Å². The summed E-state index contributed by atoms with van der Waals surface area (Å²) in [6.07, 6.45) is 7.32. The van der Waals surface area contributed by atoms with Crippen LogP contribution in [0.4, 0.5) is 4.79 Å². The summed E-state index contributed by atoms with van der Waals surface area (Å²) in [6.45, 7) is 1.01. The molecule has 0 spiro atoms. The molecule has 2 atom stereocenters. The zero-order valence-corrected chi connectivity index (χ0v) is 13.6. The van der Waals surface area contributed by atoms with Gasteiger partial charge in [-0.1, -0.05) is 18.6 Å². The highest BCUT2D eigenvalue weighted by Crippen LogP contribution is 2.37. The number of carbonyl (C=O) groups is 2. The van der Waals surface area contributed by atoms with Crippen LogP contribution < -0.4 is 0 Å². The summed E-state index contributed by atoms with van der Waals surface area (Å²) in [6, 6.07) is 5.31. The van der Waals surface area contributed by atoms with E-state index in [2.05, 4.69) is 4.98 Å². The average molecular weight is 329 g/mol. The number of nitrogens with zero attached hydrogens (tertiary/aromatic N) is 3. The van der Waals surface area contributed by atoms with Gasteiger partial charge in [0.2, 0.25) is 5.91 Å². The number of hydrogen-bond acceptors (Lipinski definition) is 4. The molecule has 0 N–H and O–H groups in total. The highest BCUT2D eigenvalue weighted by molar-refractivity contribution is 8.03. The van der Waals surface area contributed by atoms with Crippen LogP contribution in [0.3, 0.4) is 0 Å². The van der Waals surface area contributed by atoms with Gasteiger partial charge in [0.05, 0.1) is 18.3 Å². The fourth-order valence-electron chi connectivity index (χ4n) is 3.35. The van der Waals surface area contributed by atoms with Gasteiger partial charge in [-0.2, -0.15) is 0 Å². The van der Waals surface area contributed by atoms with Crippen LogP contribution in [-0.4, -0.2) is 44.6 Å². The predicted molar refractivity (Wildman–Crippen MR) is 88.5 cm³/mol. The van der Waals surface area contributed by atoms with Gasteiger partial charge in [-0.05, 0) is 36.3 Å². The topological polar surface area (TPSA) is 53.5 Å². The molecule has 5 nitrogen and oxygen atoms in total. The minimum atomic E-state index is -0.198. The van der Waals surface area contributed by atoms with Crippen molar-refractivity contribution in [2.24, 2.45) is 5.92 Å². The first-order valence-electron chi connectivity index (χ1n) is 8.08. The molecule has 1 aromatic heterocycles. The Morgan fingerprint density at radius 2 is 2.13 bits per heavy atom. The molecule has 2 fully saturated rings. The third-order valence-corrected chi connectivity index (χ3v) is 5.97. The van der Waals surface area contributed by atoms with E-state index in [9.17, 15) is 9.59 Å². The SMILES string of the molecule is O=C1C2SC=CC2N(CC2CCC2)C(=O)N1Cc1ccccn1. The van der Waals surface area contributed by atoms with Gasteiger partial charge in [0.25, 0.3) is 0 Å². The Kier molecular flexibility index (Phi) is 3.85. The molecule has 3 heterocycles. The molecular weight excluding hydrogens is 310 g/mol. The number of urea groups is 1. The van der Waals surface area contributed by atoms with Crippen LogP contribution >= 0.6 is 11.8 Å². The summed E-state index contributed by atoms with van der Waals surface area (Å²) in [7, 11) is 0. The predicted octanol–water partition coefficient (Wildman–Crippen LogP) is 2.64. The number of hydrogen-bond donors (Lipinski definition) is 0. The van der Waals surface area contributed by atoms with E-state index in [0.29, 0.717) is 5.92 Å². The number of thioether (sulfide) groups is 1. The largest absolute Gasteiger partial charge is 0.327 e. The zero-order valence-electron chi connectivity index (χ0n) is 12.8. The fourth-order valence-corrected chi connectivity index (χ4v) is 4.41. The molecular formula is C17H19N3O2S. The molecule has 0 aromatic carbocycles. The summed E-state index contributed by atoms with van der Waals surface area (Å²) >= 11 is 1.52. The molecule has 4 rings (SSSR count). The van der Waals surface area contributed by atoms with Gasteiger partial charge in [-0.3, -0.25) is 14.7 Å². The summed E-state index contributed by atoms with van der Waals surface area (Å²) < 4.78 is 0. The van der Waals surface area contributed by atoms with Crippen molar-refractivity contribution in [2.45, 2.75) is 37.1 Å². The minimum Gasteiger partial charge on any atom is -0.316 e. The zero-order chi connectivity index (χ0) is 15.8. The van der Waals surface area contributed by atoms with Gasteiger partial charge in [-0.25, -0.2) is 4.79 Å². The number of fused-ring (bicyclic) bond motifs is 1. The number of carbonyl (C=O) groups excluding carboxylic acids is 2. The van der Waals surface area contributed by atoms with Gasteiger partial charge in [0.15, 0.2) is 0 Å². The van der Waals surface area contributed by atoms with Crippen LogP contribution in [-0.2, 0) is 11.3 Å². The molecule has 120 valence electrons. The smallest absolute Gasteiger partial charge is 0.316 e. The van der Waals surface area contributed by atoms with E-state index in [4.69, 9.17) is 0 Å². The molecule has 1 saturated heterocycles. The van der Waals surface area contributed by atoms with E-state index in [-0.39, 0.29) is 29.8 Å². The number of aromatic nitrogens is 1. The van der Waals surface area contributed by atoms with Crippen LogP contribution in [0.5, 0.6) is 0 Å². The minimum absolute atomic E-state index is 0.0828. The number of rotatable bonds is 4. The summed E-state index contributed by atoms with van der Waals surface area (Å²) in [5, 5.41) is 1.76. The number of amides is 3. The normalized spacial score (nSPS) is 27.3. The first-order chi connectivity index (χ1) is 11.2. The Bertz CT molecular complexity index is 644. The first-order valence-corrected chi connectivity index (χ1v) is 9.02. The lowest BCUT2D eigenvalue weighted by Gasteiger charge is -2.43. The maximum atomic E-state index is 12.9. The summed E-state index contributed by atoms with van der Waals surface area (Å²) in [4.78, 5) is 33.2. The highest BCUT2D eigenvalue weighted by atomic mass is 32.2. The van der Waals surface area contributed by atoms with Crippen molar-refractivity contribution in [2.75, 3.05) is 6.54 Å². The molecule has 0 bridgehead atoms. The summed E-state index contributed by atoms with van der Waals surface area (Å²) in [5.41, 5.74) is 0.743. The molecule has 3 aliphatic rings. The number of pyridine rings is 1. The molecule has 6 heteroatoms. The van der Waals surface area contributed by atoms with E-state index in [1.165, 1.54) is 35.9 Å². The third kappa shape index (κ3) is 2.65.